The lowest BCUT2D eigenvalue weighted by molar-refractivity contribution is -0.169. The van der Waals surface area contributed by atoms with Crippen molar-refractivity contribution in [2.45, 2.75) is 45.6 Å². The molecule has 0 N–H and O–H groups in total. The van der Waals surface area contributed by atoms with E-state index in [0.29, 0.717) is 5.56 Å². The van der Waals surface area contributed by atoms with Crippen LogP contribution in [0.2, 0.25) is 0 Å². The standard InChI is InChI=1S/C18H22FNO4/c1-5-20-14(21)10-13(11-6-8-12(19)9-7-11)15(16(20)22)17(23)24-18(2,3)4/h6-9,13,15H,5,10H2,1-4H3. The molecule has 2 amide bonds. The first-order valence-electron chi connectivity index (χ1n) is 7.96. The minimum Gasteiger partial charge on any atom is -0.459 e. The van der Waals surface area contributed by atoms with E-state index in [2.05, 4.69) is 0 Å². The summed E-state index contributed by atoms with van der Waals surface area (Å²) in [6.07, 6.45) is 0.00905. The van der Waals surface area contributed by atoms with Gasteiger partial charge in [-0.05, 0) is 45.4 Å². The van der Waals surface area contributed by atoms with Crippen LogP contribution >= 0.6 is 0 Å². The van der Waals surface area contributed by atoms with Crippen LogP contribution in [0.25, 0.3) is 0 Å². The highest BCUT2D eigenvalue weighted by Crippen LogP contribution is 2.36. The molecule has 0 radical (unpaired) electrons. The summed E-state index contributed by atoms with van der Waals surface area (Å²) < 4.78 is 18.5. The van der Waals surface area contributed by atoms with Crippen LogP contribution in [0.5, 0.6) is 0 Å². The molecule has 1 fully saturated rings. The van der Waals surface area contributed by atoms with E-state index in [4.69, 9.17) is 4.74 Å². The number of nitrogens with zero attached hydrogens (tertiary/aromatic N) is 1. The number of piperidine rings is 1. The summed E-state index contributed by atoms with van der Waals surface area (Å²) in [6.45, 7) is 7.03. The van der Waals surface area contributed by atoms with Gasteiger partial charge in [-0.2, -0.15) is 0 Å². The zero-order chi connectivity index (χ0) is 18.1. The number of imide groups is 1. The molecular weight excluding hydrogens is 313 g/mol. The van der Waals surface area contributed by atoms with Crippen LogP contribution in [0.15, 0.2) is 24.3 Å². The number of carbonyl (C=O) groups is 3. The Kier molecular flexibility index (Phi) is 5.06. The molecule has 1 aliphatic rings. The quantitative estimate of drug-likeness (QED) is 0.484. The van der Waals surface area contributed by atoms with E-state index in [1.165, 1.54) is 24.3 Å². The second kappa shape index (κ2) is 6.71. The number of rotatable bonds is 3. The van der Waals surface area contributed by atoms with Crippen molar-refractivity contribution in [3.8, 4) is 0 Å². The fraction of sp³-hybridized carbons (Fsp3) is 0.500. The monoisotopic (exact) mass is 335 g/mol. The maximum absolute atomic E-state index is 13.2. The maximum atomic E-state index is 13.2. The van der Waals surface area contributed by atoms with Crippen LogP contribution < -0.4 is 0 Å². The van der Waals surface area contributed by atoms with Crippen molar-refractivity contribution < 1.29 is 23.5 Å². The summed E-state index contributed by atoms with van der Waals surface area (Å²) in [5.74, 6) is -3.73. The summed E-state index contributed by atoms with van der Waals surface area (Å²) in [7, 11) is 0. The molecule has 24 heavy (non-hydrogen) atoms. The minimum absolute atomic E-state index is 0.00905. The normalized spacial score (nSPS) is 21.8. The topological polar surface area (TPSA) is 63.7 Å². The Morgan fingerprint density at radius 2 is 1.83 bits per heavy atom. The molecule has 6 heteroatoms. The first-order chi connectivity index (χ1) is 11.1. The molecule has 0 saturated carbocycles. The number of amides is 2. The fourth-order valence-electron chi connectivity index (χ4n) is 2.86. The van der Waals surface area contributed by atoms with Gasteiger partial charge < -0.3 is 4.74 Å². The zero-order valence-electron chi connectivity index (χ0n) is 14.3. The van der Waals surface area contributed by atoms with E-state index in [9.17, 15) is 18.8 Å². The number of carbonyl (C=O) groups excluding carboxylic acids is 3. The summed E-state index contributed by atoms with van der Waals surface area (Å²) >= 11 is 0. The van der Waals surface area contributed by atoms with Crippen molar-refractivity contribution in [1.29, 1.82) is 0 Å². The predicted molar refractivity (Wildman–Crippen MR) is 85.5 cm³/mol. The Morgan fingerprint density at radius 3 is 2.33 bits per heavy atom. The number of benzene rings is 1. The number of hydrogen-bond acceptors (Lipinski definition) is 4. The van der Waals surface area contributed by atoms with Gasteiger partial charge in [0, 0.05) is 18.9 Å². The van der Waals surface area contributed by atoms with Gasteiger partial charge in [0.15, 0.2) is 0 Å². The molecule has 0 bridgehead atoms. The molecule has 5 nitrogen and oxygen atoms in total. The van der Waals surface area contributed by atoms with Gasteiger partial charge in [-0.25, -0.2) is 4.39 Å². The van der Waals surface area contributed by atoms with Gasteiger partial charge in [0.2, 0.25) is 11.8 Å². The molecule has 130 valence electrons. The van der Waals surface area contributed by atoms with E-state index < -0.39 is 35.1 Å². The lowest BCUT2D eigenvalue weighted by atomic mass is 9.79. The Balaban J connectivity index is 2.41. The molecule has 1 aromatic rings. The van der Waals surface area contributed by atoms with E-state index in [1.807, 2.05) is 0 Å². The average molecular weight is 335 g/mol. The fourth-order valence-corrected chi connectivity index (χ4v) is 2.86. The lowest BCUT2D eigenvalue weighted by Gasteiger charge is -2.36. The number of halogens is 1. The Morgan fingerprint density at radius 1 is 1.25 bits per heavy atom. The summed E-state index contributed by atoms with van der Waals surface area (Å²) in [6, 6.07) is 5.50. The Bertz CT molecular complexity index is 648. The average Bonchev–Trinajstić information content (AvgIpc) is 2.45. The van der Waals surface area contributed by atoms with Crippen LogP contribution in [0.1, 0.15) is 45.6 Å². The highest BCUT2D eigenvalue weighted by Gasteiger charge is 2.47. The van der Waals surface area contributed by atoms with Crippen LogP contribution in [-0.4, -0.2) is 34.8 Å². The minimum atomic E-state index is -1.10. The van der Waals surface area contributed by atoms with Crippen molar-refractivity contribution >= 4 is 17.8 Å². The molecule has 0 aromatic heterocycles. The van der Waals surface area contributed by atoms with Gasteiger partial charge in [-0.3, -0.25) is 19.3 Å². The molecule has 0 aliphatic carbocycles. The molecule has 2 unspecified atom stereocenters. The third-order valence-corrected chi connectivity index (χ3v) is 3.91. The van der Waals surface area contributed by atoms with Gasteiger partial charge in [0.25, 0.3) is 0 Å². The third kappa shape index (κ3) is 3.80. The number of ether oxygens (including phenoxy) is 1. The van der Waals surface area contributed by atoms with Gasteiger partial charge in [0.1, 0.15) is 17.3 Å². The molecule has 0 spiro atoms. The molecule has 1 aromatic carbocycles. The molecule has 1 heterocycles. The van der Waals surface area contributed by atoms with Crippen LogP contribution in [-0.2, 0) is 19.1 Å². The van der Waals surface area contributed by atoms with E-state index in [1.54, 1.807) is 27.7 Å². The summed E-state index contributed by atoms with van der Waals surface area (Å²) in [4.78, 5) is 38.6. The molecule has 2 rings (SSSR count). The number of hydrogen-bond donors (Lipinski definition) is 0. The van der Waals surface area contributed by atoms with Gasteiger partial charge in [0.05, 0.1) is 0 Å². The van der Waals surface area contributed by atoms with Crippen LogP contribution in [0.3, 0.4) is 0 Å². The zero-order valence-corrected chi connectivity index (χ0v) is 14.3. The summed E-state index contributed by atoms with van der Waals surface area (Å²) in [5, 5.41) is 0. The lowest BCUT2D eigenvalue weighted by Crippen LogP contribution is -2.51. The molecule has 2 atom stereocenters. The van der Waals surface area contributed by atoms with Gasteiger partial charge in [-0.15, -0.1) is 0 Å². The van der Waals surface area contributed by atoms with Crippen molar-refractivity contribution in [3.63, 3.8) is 0 Å². The Labute approximate surface area is 140 Å². The third-order valence-electron chi connectivity index (χ3n) is 3.91. The molecule has 1 saturated heterocycles. The smallest absolute Gasteiger partial charge is 0.319 e. The van der Waals surface area contributed by atoms with Crippen LogP contribution in [0, 0.1) is 11.7 Å². The highest BCUT2D eigenvalue weighted by atomic mass is 19.1. The largest absolute Gasteiger partial charge is 0.459 e. The maximum Gasteiger partial charge on any atom is 0.319 e. The molecule has 1 aliphatic heterocycles. The summed E-state index contributed by atoms with van der Waals surface area (Å²) in [5.41, 5.74) is -0.173. The first-order valence-corrected chi connectivity index (χ1v) is 7.96. The first kappa shape index (κ1) is 18.1. The van der Waals surface area contributed by atoms with Crippen molar-refractivity contribution in [2.75, 3.05) is 6.54 Å². The van der Waals surface area contributed by atoms with E-state index >= 15 is 0 Å². The predicted octanol–water partition coefficient (Wildman–Crippen LogP) is 2.65. The number of esters is 1. The van der Waals surface area contributed by atoms with E-state index in [-0.39, 0.29) is 18.9 Å². The van der Waals surface area contributed by atoms with Crippen molar-refractivity contribution in [2.24, 2.45) is 5.92 Å². The van der Waals surface area contributed by atoms with Crippen LogP contribution in [0.4, 0.5) is 4.39 Å². The van der Waals surface area contributed by atoms with Gasteiger partial charge in [-0.1, -0.05) is 12.1 Å². The SMILES string of the molecule is CCN1C(=O)CC(c2ccc(F)cc2)C(C(=O)OC(C)(C)C)C1=O. The second-order valence-electron chi connectivity index (χ2n) is 6.85. The number of likely N-dealkylation sites (tertiary alicyclic amines) is 1. The highest BCUT2D eigenvalue weighted by molar-refractivity contribution is 6.08. The van der Waals surface area contributed by atoms with Gasteiger partial charge >= 0.3 is 5.97 Å². The molecular formula is C18H22FNO4. The Hall–Kier alpha value is -2.24. The second-order valence-corrected chi connectivity index (χ2v) is 6.85. The van der Waals surface area contributed by atoms with Crippen molar-refractivity contribution in [1.82, 2.24) is 4.90 Å². The van der Waals surface area contributed by atoms with Crippen molar-refractivity contribution in [3.05, 3.63) is 35.6 Å². The van der Waals surface area contributed by atoms with E-state index in [0.717, 1.165) is 4.90 Å².